The molecule has 16 heavy (non-hydrogen) atoms. The smallest absolute Gasteiger partial charge is 0.264 e. The van der Waals surface area contributed by atoms with Crippen LogP contribution in [0.25, 0.3) is 0 Å². The van der Waals surface area contributed by atoms with E-state index in [1.54, 1.807) is 11.9 Å². The number of fused-ring (bicyclic) bond motifs is 1. The van der Waals surface area contributed by atoms with E-state index < -0.39 is 0 Å². The first kappa shape index (κ1) is 11.0. The molecule has 0 radical (unpaired) electrons. The Morgan fingerprint density at radius 3 is 2.88 bits per heavy atom. The van der Waals surface area contributed by atoms with Gasteiger partial charge in [-0.25, -0.2) is 0 Å². The van der Waals surface area contributed by atoms with Crippen molar-refractivity contribution < 1.29 is 9.53 Å². The molecule has 2 rings (SSSR count). The minimum atomic E-state index is -0.00509. The summed E-state index contributed by atoms with van der Waals surface area (Å²) in [4.78, 5) is 15.2. The lowest BCUT2D eigenvalue weighted by Gasteiger charge is -2.26. The van der Waals surface area contributed by atoms with Gasteiger partial charge in [-0.1, -0.05) is 6.07 Å². The second-order valence-corrected chi connectivity index (χ2v) is 4.28. The van der Waals surface area contributed by atoms with E-state index in [-0.39, 0.29) is 12.5 Å². The average Bonchev–Trinajstić information content (AvgIpc) is 2.23. The van der Waals surface area contributed by atoms with Crippen LogP contribution in [-0.2, 0) is 11.3 Å². The SMILES string of the molecule is CN(C)Cc1ccc2c(c1)N(C)C(=O)CO2. The van der Waals surface area contributed by atoms with Crippen LogP contribution in [0.1, 0.15) is 5.56 Å². The fourth-order valence-electron chi connectivity index (χ4n) is 1.78. The molecule has 1 aromatic carbocycles. The highest BCUT2D eigenvalue weighted by atomic mass is 16.5. The molecule has 0 unspecified atom stereocenters. The van der Waals surface area contributed by atoms with Crippen LogP contribution in [0.15, 0.2) is 18.2 Å². The van der Waals surface area contributed by atoms with Gasteiger partial charge in [0.25, 0.3) is 5.91 Å². The summed E-state index contributed by atoms with van der Waals surface area (Å²) in [7, 11) is 5.82. The number of carbonyl (C=O) groups excluding carboxylic acids is 1. The summed E-state index contributed by atoms with van der Waals surface area (Å²) >= 11 is 0. The number of carbonyl (C=O) groups is 1. The van der Waals surface area contributed by atoms with Crippen molar-refractivity contribution in [3.63, 3.8) is 0 Å². The predicted octanol–water partition coefficient (Wildman–Crippen LogP) is 1.10. The molecule has 0 bridgehead atoms. The molecule has 0 saturated carbocycles. The number of rotatable bonds is 2. The number of nitrogens with zero attached hydrogens (tertiary/aromatic N) is 2. The Hall–Kier alpha value is -1.55. The van der Waals surface area contributed by atoms with Crippen LogP contribution in [0.4, 0.5) is 5.69 Å². The van der Waals surface area contributed by atoms with Gasteiger partial charge in [0.05, 0.1) is 5.69 Å². The maximum absolute atomic E-state index is 11.5. The van der Waals surface area contributed by atoms with Gasteiger partial charge in [0, 0.05) is 13.6 Å². The summed E-state index contributed by atoms with van der Waals surface area (Å²) in [6, 6.07) is 5.96. The number of ether oxygens (including phenoxy) is 1. The molecule has 4 heteroatoms. The lowest BCUT2D eigenvalue weighted by atomic mass is 10.1. The average molecular weight is 220 g/mol. The van der Waals surface area contributed by atoms with Crippen molar-refractivity contribution in [2.24, 2.45) is 0 Å². The zero-order chi connectivity index (χ0) is 11.7. The van der Waals surface area contributed by atoms with Crippen molar-refractivity contribution in [3.05, 3.63) is 23.8 Å². The Kier molecular flexibility index (Phi) is 2.83. The van der Waals surface area contributed by atoms with E-state index >= 15 is 0 Å². The molecule has 1 aliphatic rings. The number of hydrogen-bond acceptors (Lipinski definition) is 3. The molecule has 0 aliphatic carbocycles. The molecule has 1 amide bonds. The van der Waals surface area contributed by atoms with E-state index in [1.165, 1.54) is 5.56 Å². The summed E-state index contributed by atoms with van der Waals surface area (Å²) in [5, 5.41) is 0. The number of amides is 1. The molecule has 0 spiro atoms. The van der Waals surface area contributed by atoms with Crippen molar-refractivity contribution in [2.45, 2.75) is 6.54 Å². The Balaban J connectivity index is 2.33. The van der Waals surface area contributed by atoms with E-state index in [1.807, 2.05) is 32.3 Å². The van der Waals surface area contributed by atoms with Gasteiger partial charge in [-0.05, 0) is 31.8 Å². The van der Waals surface area contributed by atoms with Gasteiger partial charge in [0.15, 0.2) is 6.61 Å². The largest absolute Gasteiger partial charge is 0.482 e. The predicted molar refractivity (Wildman–Crippen MR) is 62.7 cm³/mol. The molecule has 1 aromatic rings. The van der Waals surface area contributed by atoms with Gasteiger partial charge in [0.2, 0.25) is 0 Å². The van der Waals surface area contributed by atoms with E-state index in [0.717, 1.165) is 18.0 Å². The maximum atomic E-state index is 11.5. The molecule has 86 valence electrons. The third-order valence-corrected chi connectivity index (χ3v) is 2.61. The normalized spacial score (nSPS) is 15.0. The lowest BCUT2D eigenvalue weighted by molar-refractivity contribution is -0.120. The summed E-state index contributed by atoms with van der Waals surface area (Å²) in [5.41, 5.74) is 2.03. The van der Waals surface area contributed by atoms with Gasteiger partial charge < -0.3 is 14.5 Å². The van der Waals surface area contributed by atoms with Gasteiger partial charge in [-0.3, -0.25) is 4.79 Å². The molecule has 1 aliphatic heterocycles. The monoisotopic (exact) mass is 220 g/mol. The van der Waals surface area contributed by atoms with Crippen molar-refractivity contribution in [1.82, 2.24) is 4.90 Å². The number of likely N-dealkylation sites (N-methyl/N-ethyl adjacent to an activating group) is 1. The van der Waals surface area contributed by atoms with Gasteiger partial charge in [-0.15, -0.1) is 0 Å². The molecule has 0 fully saturated rings. The van der Waals surface area contributed by atoms with Crippen molar-refractivity contribution >= 4 is 11.6 Å². The van der Waals surface area contributed by atoms with Crippen LogP contribution in [-0.4, -0.2) is 38.6 Å². The molecule has 0 atom stereocenters. The minimum absolute atomic E-state index is 0.00509. The van der Waals surface area contributed by atoms with Crippen LogP contribution in [0.5, 0.6) is 5.75 Å². The fourth-order valence-corrected chi connectivity index (χ4v) is 1.78. The number of benzene rings is 1. The Labute approximate surface area is 95.4 Å². The summed E-state index contributed by atoms with van der Waals surface area (Å²) < 4.78 is 5.36. The maximum Gasteiger partial charge on any atom is 0.264 e. The third-order valence-electron chi connectivity index (χ3n) is 2.61. The van der Waals surface area contributed by atoms with Crippen LogP contribution in [0.2, 0.25) is 0 Å². The molecule has 0 saturated heterocycles. The summed E-state index contributed by atoms with van der Waals surface area (Å²) in [5.74, 6) is 0.777. The second-order valence-electron chi connectivity index (χ2n) is 4.28. The Morgan fingerprint density at radius 2 is 2.19 bits per heavy atom. The Bertz CT molecular complexity index is 415. The third kappa shape index (κ3) is 2.02. The Morgan fingerprint density at radius 1 is 1.44 bits per heavy atom. The molecular weight excluding hydrogens is 204 g/mol. The molecule has 0 aromatic heterocycles. The quantitative estimate of drug-likeness (QED) is 0.748. The van der Waals surface area contributed by atoms with Crippen molar-refractivity contribution in [3.8, 4) is 5.75 Å². The van der Waals surface area contributed by atoms with Crippen LogP contribution >= 0.6 is 0 Å². The zero-order valence-electron chi connectivity index (χ0n) is 9.86. The lowest BCUT2D eigenvalue weighted by Crippen LogP contribution is -2.35. The minimum Gasteiger partial charge on any atom is -0.482 e. The number of anilines is 1. The highest BCUT2D eigenvalue weighted by molar-refractivity contribution is 5.97. The van der Waals surface area contributed by atoms with Crippen LogP contribution in [0.3, 0.4) is 0 Å². The second kappa shape index (κ2) is 4.14. The van der Waals surface area contributed by atoms with Crippen LogP contribution in [0, 0.1) is 0 Å². The highest BCUT2D eigenvalue weighted by Crippen LogP contribution is 2.32. The van der Waals surface area contributed by atoms with Gasteiger partial charge in [-0.2, -0.15) is 0 Å². The first-order valence-electron chi connectivity index (χ1n) is 5.25. The van der Waals surface area contributed by atoms with E-state index in [4.69, 9.17) is 4.74 Å². The number of hydrogen-bond donors (Lipinski definition) is 0. The first-order valence-corrected chi connectivity index (χ1v) is 5.25. The standard InChI is InChI=1S/C12H16N2O2/c1-13(2)7-9-4-5-11-10(6-9)14(3)12(15)8-16-11/h4-6H,7-8H2,1-3H3. The summed E-state index contributed by atoms with van der Waals surface area (Å²) in [6.07, 6.45) is 0. The molecular formula is C12H16N2O2. The van der Waals surface area contributed by atoms with Crippen molar-refractivity contribution in [1.29, 1.82) is 0 Å². The zero-order valence-corrected chi connectivity index (χ0v) is 9.86. The molecule has 4 nitrogen and oxygen atoms in total. The fraction of sp³-hybridized carbons (Fsp3) is 0.417. The molecule has 0 N–H and O–H groups in total. The van der Waals surface area contributed by atoms with E-state index in [9.17, 15) is 4.79 Å². The van der Waals surface area contributed by atoms with Gasteiger partial charge in [0.1, 0.15) is 5.75 Å². The highest BCUT2D eigenvalue weighted by Gasteiger charge is 2.22. The molecule has 1 heterocycles. The summed E-state index contributed by atoms with van der Waals surface area (Å²) in [6.45, 7) is 0.992. The first-order chi connectivity index (χ1) is 7.58. The topological polar surface area (TPSA) is 32.8 Å². The van der Waals surface area contributed by atoms with E-state index in [0.29, 0.717) is 0 Å². The van der Waals surface area contributed by atoms with Gasteiger partial charge >= 0.3 is 0 Å². The van der Waals surface area contributed by atoms with E-state index in [2.05, 4.69) is 4.90 Å². The van der Waals surface area contributed by atoms with Crippen LogP contribution < -0.4 is 9.64 Å². The van der Waals surface area contributed by atoms with Crippen molar-refractivity contribution in [2.75, 3.05) is 32.6 Å².